The Hall–Kier alpha value is -0.950. The largest absolute Gasteiger partial charge is 0.327 e. The molecule has 0 aliphatic carbocycles. The second-order valence-corrected chi connectivity index (χ2v) is 7.55. The van der Waals surface area contributed by atoms with Gasteiger partial charge in [-0.2, -0.15) is 17.0 Å². The lowest BCUT2D eigenvalue weighted by Crippen LogP contribution is -2.52. The van der Waals surface area contributed by atoms with Crippen molar-refractivity contribution in [2.45, 2.75) is 31.8 Å². The van der Waals surface area contributed by atoms with E-state index >= 15 is 0 Å². The lowest BCUT2D eigenvalue weighted by molar-refractivity contribution is 0.277. The smallest absolute Gasteiger partial charge is 0.282 e. The molecule has 0 aromatic heterocycles. The van der Waals surface area contributed by atoms with Crippen LogP contribution in [-0.2, 0) is 23.2 Å². The number of benzene rings is 1. The summed E-state index contributed by atoms with van der Waals surface area (Å²) in [7, 11) is -3.37. The van der Waals surface area contributed by atoms with Crippen LogP contribution in [0.2, 0.25) is 0 Å². The minimum atomic E-state index is -3.37. The lowest BCUT2D eigenvalue weighted by Gasteiger charge is -2.36. The van der Waals surface area contributed by atoms with Crippen LogP contribution in [0.15, 0.2) is 24.3 Å². The first-order chi connectivity index (χ1) is 9.57. The summed E-state index contributed by atoms with van der Waals surface area (Å²) in [6, 6.07) is 8.03. The third kappa shape index (κ3) is 2.61. The van der Waals surface area contributed by atoms with Crippen LogP contribution in [0.3, 0.4) is 0 Å². The van der Waals surface area contributed by atoms with Gasteiger partial charge in [-0.1, -0.05) is 24.3 Å². The molecule has 2 heterocycles. The number of hydrogen-bond acceptors (Lipinski definition) is 3. The summed E-state index contributed by atoms with van der Waals surface area (Å²) in [4.78, 5) is 0. The minimum absolute atomic E-state index is 0.0319. The second-order valence-electron chi connectivity index (χ2n) is 5.62. The summed E-state index contributed by atoms with van der Waals surface area (Å²) in [5.41, 5.74) is 8.28. The van der Waals surface area contributed by atoms with Gasteiger partial charge >= 0.3 is 0 Å². The van der Waals surface area contributed by atoms with Crippen molar-refractivity contribution in [2.75, 3.05) is 19.6 Å². The Bertz CT molecular complexity index is 588. The Balaban J connectivity index is 1.79. The first-order valence-corrected chi connectivity index (χ1v) is 8.54. The Kier molecular flexibility index (Phi) is 3.81. The van der Waals surface area contributed by atoms with Gasteiger partial charge in [0.15, 0.2) is 0 Å². The Morgan fingerprint density at radius 1 is 1.10 bits per heavy atom. The molecule has 5 nitrogen and oxygen atoms in total. The number of nitrogens with zero attached hydrogens (tertiary/aromatic N) is 2. The highest BCUT2D eigenvalue weighted by atomic mass is 32.2. The van der Waals surface area contributed by atoms with Gasteiger partial charge in [-0.25, -0.2) is 0 Å². The fraction of sp³-hybridized carbons (Fsp3) is 0.571. The molecule has 20 heavy (non-hydrogen) atoms. The quantitative estimate of drug-likeness (QED) is 0.874. The summed E-state index contributed by atoms with van der Waals surface area (Å²) in [6.45, 7) is 2.07. The number of fused-ring (bicyclic) bond motifs is 1. The maximum absolute atomic E-state index is 12.7. The van der Waals surface area contributed by atoms with Crippen LogP contribution in [0, 0.1) is 0 Å². The third-order valence-corrected chi connectivity index (χ3v) is 6.12. The fourth-order valence-electron chi connectivity index (χ4n) is 3.01. The molecule has 1 unspecified atom stereocenters. The van der Waals surface area contributed by atoms with Crippen LogP contribution in [-0.4, -0.2) is 42.7 Å². The monoisotopic (exact) mass is 295 g/mol. The molecule has 0 spiro atoms. The van der Waals surface area contributed by atoms with E-state index in [0.29, 0.717) is 26.2 Å². The lowest BCUT2D eigenvalue weighted by atomic mass is 10.0. The fourth-order valence-corrected chi connectivity index (χ4v) is 4.70. The molecule has 1 atom stereocenters. The van der Waals surface area contributed by atoms with Gasteiger partial charge < -0.3 is 5.73 Å². The van der Waals surface area contributed by atoms with Gasteiger partial charge in [0.1, 0.15) is 0 Å². The molecule has 1 saturated heterocycles. The molecule has 1 aromatic rings. The molecule has 0 radical (unpaired) electrons. The normalized spacial score (nSPS) is 25.4. The molecule has 1 fully saturated rings. The zero-order chi connectivity index (χ0) is 14.2. The van der Waals surface area contributed by atoms with Gasteiger partial charge in [-0.05, 0) is 30.4 Å². The van der Waals surface area contributed by atoms with Crippen molar-refractivity contribution >= 4 is 10.2 Å². The molecule has 3 rings (SSSR count). The zero-order valence-electron chi connectivity index (χ0n) is 11.5. The van der Waals surface area contributed by atoms with Gasteiger partial charge in [0.05, 0.1) is 0 Å². The van der Waals surface area contributed by atoms with Crippen molar-refractivity contribution in [3.05, 3.63) is 35.4 Å². The van der Waals surface area contributed by atoms with E-state index in [0.717, 1.165) is 24.8 Å². The van der Waals surface area contributed by atoms with Gasteiger partial charge in [0.2, 0.25) is 0 Å². The van der Waals surface area contributed by atoms with E-state index in [1.807, 2.05) is 18.2 Å². The Labute approximate surface area is 120 Å². The van der Waals surface area contributed by atoms with E-state index < -0.39 is 10.2 Å². The highest BCUT2D eigenvalue weighted by Crippen LogP contribution is 2.24. The van der Waals surface area contributed by atoms with E-state index in [1.54, 1.807) is 8.61 Å². The van der Waals surface area contributed by atoms with E-state index in [-0.39, 0.29) is 6.04 Å². The van der Waals surface area contributed by atoms with Gasteiger partial charge in [-0.3, -0.25) is 0 Å². The zero-order valence-corrected chi connectivity index (χ0v) is 12.3. The van der Waals surface area contributed by atoms with Crippen LogP contribution in [0.1, 0.15) is 24.0 Å². The van der Waals surface area contributed by atoms with Crippen LogP contribution < -0.4 is 5.73 Å². The maximum Gasteiger partial charge on any atom is 0.282 e. The van der Waals surface area contributed by atoms with E-state index in [4.69, 9.17) is 5.73 Å². The van der Waals surface area contributed by atoms with Crippen molar-refractivity contribution in [3.8, 4) is 0 Å². The molecule has 0 saturated carbocycles. The third-order valence-electron chi connectivity index (χ3n) is 4.17. The first-order valence-electron chi connectivity index (χ1n) is 7.15. The van der Waals surface area contributed by atoms with Crippen molar-refractivity contribution in [3.63, 3.8) is 0 Å². The minimum Gasteiger partial charge on any atom is -0.327 e. The molecule has 1 aromatic carbocycles. The number of hydrogen-bond donors (Lipinski definition) is 1. The van der Waals surface area contributed by atoms with Crippen molar-refractivity contribution in [2.24, 2.45) is 5.73 Å². The summed E-state index contributed by atoms with van der Waals surface area (Å²) >= 11 is 0. The summed E-state index contributed by atoms with van der Waals surface area (Å²) in [6.07, 6.45) is 2.55. The van der Waals surface area contributed by atoms with E-state index in [2.05, 4.69) is 6.07 Å². The molecule has 6 heteroatoms. The molecular weight excluding hydrogens is 274 g/mol. The Morgan fingerprint density at radius 3 is 2.60 bits per heavy atom. The second kappa shape index (κ2) is 5.44. The van der Waals surface area contributed by atoms with Gasteiger partial charge in [-0.15, -0.1) is 0 Å². The average molecular weight is 295 g/mol. The highest BCUT2D eigenvalue weighted by Gasteiger charge is 2.34. The summed E-state index contributed by atoms with van der Waals surface area (Å²) < 4.78 is 28.5. The highest BCUT2D eigenvalue weighted by molar-refractivity contribution is 7.86. The van der Waals surface area contributed by atoms with Crippen molar-refractivity contribution < 1.29 is 8.42 Å². The number of piperidine rings is 1. The van der Waals surface area contributed by atoms with E-state index in [1.165, 1.54) is 5.56 Å². The standard InChI is InChI=1S/C14H21N3O2S/c15-14-6-3-8-16(11-14)20(18,19)17-9-7-12-4-1-2-5-13(12)10-17/h1-2,4-5,14H,3,6-11,15H2. The Morgan fingerprint density at radius 2 is 1.85 bits per heavy atom. The van der Waals surface area contributed by atoms with Crippen LogP contribution in [0.4, 0.5) is 0 Å². The molecule has 2 aliphatic heterocycles. The topological polar surface area (TPSA) is 66.6 Å². The number of nitrogens with two attached hydrogens (primary N) is 1. The molecule has 110 valence electrons. The first kappa shape index (κ1) is 14.0. The maximum atomic E-state index is 12.7. The molecule has 2 aliphatic rings. The van der Waals surface area contributed by atoms with E-state index in [9.17, 15) is 8.42 Å². The average Bonchev–Trinajstić information content (AvgIpc) is 2.46. The van der Waals surface area contributed by atoms with Gasteiger partial charge in [0, 0.05) is 32.2 Å². The number of rotatable bonds is 2. The molecule has 0 amide bonds. The van der Waals surface area contributed by atoms with Crippen LogP contribution in [0.25, 0.3) is 0 Å². The van der Waals surface area contributed by atoms with Crippen molar-refractivity contribution in [1.82, 2.24) is 8.61 Å². The predicted molar refractivity (Wildman–Crippen MR) is 78.3 cm³/mol. The van der Waals surface area contributed by atoms with Crippen molar-refractivity contribution in [1.29, 1.82) is 0 Å². The van der Waals surface area contributed by atoms with Crippen LogP contribution in [0.5, 0.6) is 0 Å². The van der Waals surface area contributed by atoms with Crippen LogP contribution >= 0.6 is 0 Å². The predicted octanol–water partition coefficient (Wildman–Crippen LogP) is 0.713. The molecular formula is C14H21N3O2S. The summed E-state index contributed by atoms with van der Waals surface area (Å²) in [5.74, 6) is 0. The molecule has 0 bridgehead atoms. The molecule has 2 N–H and O–H groups in total. The van der Waals surface area contributed by atoms with Gasteiger partial charge in [0.25, 0.3) is 10.2 Å². The SMILES string of the molecule is NC1CCCN(S(=O)(=O)N2CCc3ccccc3C2)C1. The summed E-state index contributed by atoms with van der Waals surface area (Å²) in [5, 5.41) is 0.